The molecule has 0 saturated heterocycles. The third-order valence-electron chi connectivity index (χ3n) is 4.24. The van der Waals surface area contributed by atoms with Crippen LogP contribution < -0.4 is 10.7 Å². The number of nitro groups is 1. The van der Waals surface area contributed by atoms with Gasteiger partial charge in [0, 0.05) is 29.4 Å². The van der Waals surface area contributed by atoms with Gasteiger partial charge in [-0.05, 0) is 37.1 Å². The normalized spacial score (nSPS) is 10.6. The van der Waals surface area contributed by atoms with Gasteiger partial charge in [-0.15, -0.1) is 0 Å². The van der Waals surface area contributed by atoms with Gasteiger partial charge in [-0.3, -0.25) is 19.7 Å². The summed E-state index contributed by atoms with van der Waals surface area (Å²) >= 11 is 5.85. The van der Waals surface area contributed by atoms with Crippen molar-refractivity contribution in [2.75, 3.05) is 6.54 Å². The molecular formula is C20H17ClN4O4. The van der Waals surface area contributed by atoms with Crippen LogP contribution in [0.2, 0.25) is 5.02 Å². The predicted octanol–water partition coefficient (Wildman–Crippen LogP) is 3.08. The molecule has 148 valence electrons. The summed E-state index contributed by atoms with van der Waals surface area (Å²) in [7, 11) is 0. The van der Waals surface area contributed by atoms with Crippen molar-refractivity contribution in [2.24, 2.45) is 0 Å². The number of aromatic nitrogens is 2. The molecule has 3 rings (SSSR count). The molecule has 1 aromatic heterocycles. The molecule has 9 heteroatoms. The van der Waals surface area contributed by atoms with Crippen molar-refractivity contribution in [2.45, 2.75) is 13.3 Å². The van der Waals surface area contributed by atoms with Crippen LogP contribution in [0.3, 0.4) is 0 Å². The zero-order valence-electron chi connectivity index (χ0n) is 15.5. The highest BCUT2D eigenvalue weighted by molar-refractivity contribution is 6.30. The number of benzene rings is 2. The van der Waals surface area contributed by atoms with E-state index >= 15 is 0 Å². The SMILES string of the molecule is Cc1cc(=O)c(C(=O)NCCc2ccc(Cl)cc2)nn1-c1ccccc1[N+](=O)[O-]. The van der Waals surface area contributed by atoms with E-state index in [1.54, 1.807) is 25.1 Å². The molecule has 0 radical (unpaired) electrons. The largest absolute Gasteiger partial charge is 0.350 e. The molecule has 0 aliphatic heterocycles. The smallest absolute Gasteiger partial charge is 0.294 e. The average molecular weight is 413 g/mol. The number of para-hydroxylation sites is 2. The molecular weight excluding hydrogens is 396 g/mol. The van der Waals surface area contributed by atoms with Gasteiger partial charge in [-0.2, -0.15) is 5.10 Å². The molecule has 8 nitrogen and oxygen atoms in total. The fraction of sp³-hybridized carbons (Fsp3) is 0.150. The van der Waals surface area contributed by atoms with Gasteiger partial charge in [-0.25, -0.2) is 4.68 Å². The lowest BCUT2D eigenvalue weighted by molar-refractivity contribution is -0.384. The molecule has 2 aromatic carbocycles. The Morgan fingerprint density at radius 1 is 1.21 bits per heavy atom. The summed E-state index contributed by atoms with van der Waals surface area (Å²) in [5.41, 5.74) is 0.461. The molecule has 0 fully saturated rings. The number of aryl methyl sites for hydroxylation is 1. The lowest BCUT2D eigenvalue weighted by Crippen LogP contribution is -2.33. The van der Waals surface area contributed by atoms with Gasteiger partial charge in [0.2, 0.25) is 5.43 Å². The first-order valence-electron chi connectivity index (χ1n) is 8.74. The Kier molecular flexibility index (Phi) is 6.04. The fourth-order valence-corrected chi connectivity index (χ4v) is 2.93. The maximum Gasteiger partial charge on any atom is 0.294 e. The predicted molar refractivity (Wildman–Crippen MR) is 109 cm³/mol. The number of amides is 1. The summed E-state index contributed by atoms with van der Waals surface area (Å²) in [5, 5.41) is 18.7. The van der Waals surface area contributed by atoms with Crippen LogP contribution in [-0.4, -0.2) is 27.2 Å². The van der Waals surface area contributed by atoms with Crippen molar-refractivity contribution in [3.8, 4) is 5.69 Å². The topological polar surface area (TPSA) is 107 Å². The van der Waals surface area contributed by atoms with E-state index in [0.717, 1.165) is 5.56 Å². The highest BCUT2D eigenvalue weighted by Crippen LogP contribution is 2.22. The van der Waals surface area contributed by atoms with Crippen molar-refractivity contribution < 1.29 is 9.72 Å². The Bertz CT molecular complexity index is 1130. The van der Waals surface area contributed by atoms with Crippen LogP contribution in [0.4, 0.5) is 5.69 Å². The standard InChI is InChI=1S/C20H17ClN4O4/c1-13-12-18(26)19(20(27)22-11-10-14-6-8-15(21)9-7-14)23-24(13)16-4-2-3-5-17(16)25(28)29/h2-9,12H,10-11H2,1H3,(H,22,27). The maximum atomic E-state index is 12.5. The van der Waals surface area contributed by atoms with E-state index in [4.69, 9.17) is 11.6 Å². The Balaban J connectivity index is 1.84. The second kappa shape index (κ2) is 8.66. The number of nitro benzene ring substituents is 1. The summed E-state index contributed by atoms with van der Waals surface area (Å²) in [6.45, 7) is 1.88. The van der Waals surface area contributed by atoms with Crippen molar-refractivity contribution in [3.63, 3.8) is 0 Å². The Labute approximate surface area is 170 Å². The molecule has 29 heavy (non-hydrogen) atoms. The lowest BCUT2D eigenvalue weighted by Gasteiger charge is -2.11. The van der Waals surface area contributed by atoms with Crippen molar-refractivity contribution in [3.05, 3.63) is 96.9 Å². The third-order valence-corrected chi connectivity index (χ3v) is 4.49. The summed E-state index contributed by atoms with van der Waals surface area (Å²) in [6, 6.07) is 14.4. The Morgan fingerprint density at radius 2 is 1.90 bits per heavy atom. The number of carbonyl (C=O) groups excluding carboxylic acids is 1. The van der Waals surface area contributed by atoms with Gasteiger partial charge in [0.15, 0.2) is 5.69 Å². The quantitative estimate of drug-likeness (QED) is 0.494. The molecule has 0 bridgehead atoms. The van der Waals surface area contributed by atoms with Gasteiger partial charge in [0.25, 0.3) is 11.6 Å². The van der Waals surface area contributed by atoms with E-state index in [1.165, 1.54) is 28.9 Å². The van der Waals surface area contributed by atoms with Gasteiger partial charge in [-0.1, -0.05) is 35.9 Å². The first kappa shape index (κ1) is 20.2. The second-order valence-corrected chi connectivity index (χ2v) is 6.73. The van der Waals surface area contributed by atoms with Gasteiger partial charge in [0.05, 0.1) is 4.92 Å². The van der Waals surface area contributed by atoms with Crippen LogP contribution in [0.5, 0.6) is 0 Å². The molecule has 0 spiro atoms. The number of carbonyl (C=O) groups is 1. The van der Waals surface area contributed by atoms with E-state index in [0.29, 0.717) is 23.7 Å². The second-order valence-electron chi connectivity index (χ2n) is 6.29. The number of nitrogens with one attached hydrogen (secondary N) is 1. The summed E-state index contributed by atoms with van der Waals surface area (Å²) in [5.74, 6) is -0.642. The highest BCUT2D eigenvalue weighted by Gasteiger charge is 2.19. The van der Waals surface area contributed by atoms with Crippen LogP contribution in [0.25, 0.3) is 5.69 Å². The summed E-state index contributed by atoms with van der Waals surface area (Å²) < 4.78 is 1.23. The molecule has 3 aromatic rings. The number of rotatable bonds is 6. The first-order chi connectivity index (χ1) is 13.9. The summed E-state index contributed by atoms with van der Waals surface area (Å²) in [6.07, 6.45) is 0.549. The van der Waals surface area contributed by atoms with Gasteiger partial charge < -0.3 is 5.32 Å². The average Bonchev–Trinajstić information content (AvgIpc) is 2.69. The van der Waals surface area contributed by atoms with Crippen LogP contribution in [0.1, 0.15) is 21.7 Å². The Hall–Kier alpha value is -3.52. The van der Waals surface area contributed by atoms with Gasteiger partial charge >= 0.3 is 0 Å². The molecule has 0 saturated carbocycles. The molecule has 1 amide bonds. The van der Waals surface area contributed by atoms with Crippen LogP contribution in [0, 0.1) is 17.0 Å². The first-order valence-corrected chi connectivity index (χ1v) is 9.12. The fourth-order valence-electron chi connectivity index (χ4n) is 2.80. The minimum atomic E-state index is -0.642. The van der Waals surface area contributed by atoms with Crippen LogP contribution >= 0.6 is 11.6 Å². The van der Waals surface area contributed by atoms with Crippen molar-refractivity contribution in [1.82, 2.24) is 15.1 Å². The van der Waals surface area contributed by atoms with Crippen molar-refractivity contribution >= 4 is 23.2 Å². The van der Waals surface area contributed by atoms with Crippen molar-refractivity contribution in [1.29, 1.82) is 0 Å². The zero-order chi connectivity index (χ0) is 21.0. The summed E-state index contributed by atoms with van der Waals surface area (Å²) in [4.78, 5) is 35.5. The van der Waals surface area contributed by atoms with E-state index in [1.807, 2.05) is 12.1 Å². The minimum absolute atomic E-state index is 0.171. The Morgan fingerprint density at radius 3 is 2.59 bits per heavy atom. The molecule has 0 atom stereocenters. The van der Waals surface area contributed by atoms with Crippen LogP contribution in [-0.2, 0) is 6.42 Å². The lowest BCUT2D eigenvalue weighted by atomic mass is 10.1. The number of nitrogens with zero attached hydrogens (tertiary/aromatic N) is 3. The molecule has 1 heterocycles. The minimum Gasteiger partial charge on any atom is -0.350 e. The molecule has 0 aliphatic rings. The van der Waals surface area contributed by atoms with Gasteiger partial charge in [0.1, 0.15) is 5.69 Å². The van der Waals surface area contributed by atoms with E-state index < -0.39 is 16.3 Å². The number of hydrogen-bond donors (Lipinski definition) is 1. The molecule has 0 aliphatic carbocycles. The maximum absolute atomic E-state index is 12.5. The van der Waals surface area contributed by atoms with Crippen LogP contribution in [0.15, 0.2) is 59.4 Å². The zero-order valence-corrected chi connectivity index (χ0v) is 16.2. The molecule has 0 unspecified atom stereocenters. The highest BCUT2D eigenvalue weighted by atomic mass is 35.5. The van der Waals surface area contributed by atoms with E-state index in [9.17, 15) is 19.7 Å². The van der Waals surface area contributed by atoms with E-state index in [2.05, 4.69) is 10.4 Å². The molecule has 1 N–H and O–H groups in total. The van der Waals surface area contributed by atoms with E-state index in [-0.39, 0.29) is 17.1 Å². The number of hydrogen-bond acceptors (Lipinski definition) is 5. The third kappa shape index (κ3) is 4.67. The number of halogens is 1. The monoisotopic (exact) mass is 412 g/mol.